The third kappa shape index (κ3) is 2.92. The molecule has 20 heavy (non-hydrogen) atoms. The molecule has 0 aliphatic rings. The standard InChI is InChI=1S/C12H17N3O3S2/c1-8(2)4-5-13-20(17,18)10-9(3)14-12-15(11(10)16)6-7-19-12/h6-8,13H,4-5H2,1-3H3. The van der Waals surface area contributed by atoms with E-state index in [-0.39, 0.29) is 10.6 Å². The molecule has 1 N–H and O–H groups in total. The lowest BCUT2D eigenvalue weighted by Gasteiger charge is -2.09. The molecule has 0 unspecified atom stereocenters. The fourth-order valence-corrected chi connectivity index (χ4v) is 3.87. The first kappa shape index (κ1) is 15.1. The van der Waals surface area contributed by atoms with Crippen LogP contribution in [0.1, 0.15) is 26.0 Å². The van der Waals surface area contributed by atoms with Gasteiger partial charge in [0, 0.05) is 18.1 Å². The van der Waals surface area contributed by atoms with Gasteiger partial charge in [-0.15, -0.1) is 11.3 Å². The maximum Gasteiger partial charge on any atom is 0.279 e. The van der Waals surface area contributed by atoms with E-state index in [9.17, 15) is 13.2 Å². The van der Waals surface area contributed by atoms with Gasteiger partial charge >= 0.3 is 0 Å². The Morgan fingerprint density at radius 1 is 1.45 bits per heavy atom. The predicted molar refractivity (Wildman–Crippen MR) is 78.7 cm³/mol. The second-order valence-electron chi connectivity index (χ2n) is 4.97. The van der Waals surface area contributed by atoms with Crippen LogP contribution in [-0.2, 0) is 10.0 Å². The minimum absolute atomic E-state index is 0.231. The summed E-state index contributed by atoms with van der Waals surface area (Å²) in [6.45, 7) is 5.87. The molecule has 2 rings (SSSR count). The molecule has 0 fully saturated rings. The van der Waals surface area contributed by atoms with Gasteiger partial charge in [0.2, 0.25) is 10.0 Å². The van der Waals surface area contributed by atoms with Crippen molar-refractivity contribution in [1.82, 2.24) is 14.1 Å². The van der Waals surface area contributed by atoms with Crippen molar-refractivity contribution in [3.63, 3.8) is 0 Å². The summed E-state index contributed by atoms with van der Waals surface area (Å²) in [6, 6.07) is 0. The molecule has 2 aromatic heterocycles. The lowest BCUT2D eigenvalue weighted by atomic mass is 10.1. The highest BCUT2D eigenvalue weighted by atomic mass is 32.2. The number of hydrogen-bond acceptors (Lipinski definition) is 5. The molecule has 0 aliphatic heterocycles. The number of sulfonamides is 1. The zero-order valence-corrected chi connectivity index (χ0v) is 13.2. The van der Waals surface area contributed by atoms with E-state index in [1.807, 2.05) is 13.8 Å². The van der Waals surface area contributed by atoms with Crippen molar-refractivity contribution >= 4 is 26.3 Å². The minimum Gasteiger partial charge on any atom is -0.267 e. The minimum atomic E-state index is -3.83. The predicted octanol–water partition coefficient (Wildman–Crippen LogP) is 1.39. The molecule has 2 aromatic rings. The zero-order chi connectivity index (χ0) is 14.9. The van der Waals surface area contributed by atoms with Crippen LogP contribution in [0.15, 0.2) is 21.3 Å². The fraction of sp³-hybridized carbons (Fsp3) is 0.500. The summed E-state index contributed by atoms with van der Waals surface area (Å²) in [5.74, 6) is 0.386. The summed E-state index contributed by atoms with van der Waals surface area (Å²) >= 11 is 1.29. The molecule has 0 aliphatic carbocycles. The summed E-state index contributed by atoms with van der Waals surface area (Å²) in [5, 5.41) is 1.70. The van der Waals surface area contributed by atoms with Crippen LogP contribution < -0.4 is 10.3 Å². The average Bonchev–Trinajstić information content (AvgIpc) is 2.75. The van der Waals surface area contributed by atoms with Gasteiger partial charge in [0.15, 0.2) is 9.86 Å². The van der Waals surface area contributed by atoms with E-state index < -0.39 is 15.6 Å². The van der Waals surface area contributed by atoms with E-state index in [2.05, 4.69) is 9.71 Å². The molecule has 0 radical (unpaired) electrons. The van der Waals surface area contributed by atoms with Crippen molar-refractivity contribution in [3.05, 3.63) is 27.6 Å². The number of thiazole rings is 1. The van der Waals surface area contributed by atoms with E-state index in [1.165, 1.54) is 28.9 Å². The first-order valence-electron chi connectivity index (χ1n) is 6.29. The van der Waals surface area contributed by atoms with Crippen LogP contribution in [0.4, 0.5) is 0 Å². The van der Waals surface area contributed by atoms with Crippen LogP contribution in [0.25, 0.3) is 4.96 Å². The second-order valence-corrected chi connectivity index (χ2v) is 7.54. The van der Waals surface area contributed by atoms with Crippen molar-refractivity contribution in [1.29, 1.82) is 0 Å². The van der Waals surface area contributed by atoms with Gasteiger partial charge in [-0.1, -0.05) is 13.8 Å². The molecule has 0 saturated carbocycles. The van der Waals surface area contributed by atoms with Crippen molar-refractivity contribution in [2.45, 2.75) is 32.1 Å². The lowest BCUT2D eigenvalue weighted by molar-refractivity contribution is 0.550. The molecular formula is C12H17N3O3S2. The van der Waals surface area contributed by atoms with Crippen LogP contribution in [0.3, 0.4) is 0 Å². The van der Waals surface area contributed by atoms with Crippen LogP contribution in [0, 0.1) is 12.8 Å². The molecule has 0 bridgehead atoms. The number of fused-ring (bicyclic) bond motifs is 1. The van der Waals surface area contributed by atoms with Gasteiger partial charge in [0.25, 0.3) is 5.56 Å². The fourth-order valence-electron chi connectivity index (χ4n) is 1.83. The molecule has 0 saturated heterocycles. The van der Waals surface area contributed by atoms with Gasteiger partial charge in [-0.05, 0) is 19.3 Å². The molecule has 0 atom stereocenters. The number of nitrogens with zero attached hydrogens (tertiary/aromatic N) is 2. The third-order valence-electron chi connectivity index (χ3n) is 2.88. The Kier molecular flexibility index (Phi) is 4.26. The Morgan fingerprint density at radius 3 is 2.80 bits per heavy atom. The Hall–Kier alpha value is -1.25. The molecule has 0 aromatic carbocycles. The van der Waals surface area contributed by atoms with E-state index in [0.29, 0.717) is 23.8 Å². The second kappa shape index (κ2) is 5.63. The van der Waals surface area contributed by atoms with Crippen molar-refractivity contribution in [2.24, 2.45) is 5.92 Å². The summed E-state index contributed by atoms with van der Waals surface area (Å²) in [5.41, 5.74) is -0.319. The highest BCUT2D eigenvalue weighted by molar-refractivity contribution is 7.89. The molecule has 0 amide bonds. The first-order chi connectivity index (χ1) is 9.33. The lowest BCUT2D eigenvalue weighted by Crippen LogP contribution is -2.33. The van der Waals surface area contributed by atoms with Crippen molar-refractivity contribution in [2.75, 3.05) is 6.54 Å². The first-order valence-corrected chi connectivity index (χ1v) is 8.65. The summed E-state index contributed by atoms with van der Waals surface area (Å²) in [4.78, 5) is 16.7. The topological polar surface area (TPSA) is 80.5 Å². The quantitative estimate of drug-likeness (QED) is 0.904. The summed E-state index contributed by atoms with van der Waals surface area (Å²) in [7, 11) is -3.83. The molecule has 110 valence electrons. The average molecular weight is 315 g/mol. The number of hydrogen-bond donors (Lipinski definition) is 1. The summed E-state index contributed by atoms with van der Waals surface area (Å²) < 4.78 is 28.2. The van der Waals surface area contributed by atoms with Crippen LogP contribution in [0.5, 0.6) is 0 Å². The molecular weight excluding hydrogens is 298 g/mol. The molecule has 0 spiro atoms. The summed E-state index contributed by atoms with van der Waals surface area (Å²) in [6.07, 6.45) is 2.25. The Morgan fingerprint density at radius 2 is 2.15 bits per heavy atom. The van der Waals surface area contributed by atoms with Crippen LogP contribution >= 0.6 is 11.3 Å². The Labute approximate surface area is 121 Å². The normalized spacial score (nSPS) is 12.4. The van der Waals surface area contributed by atoms with Crippen LogP contribution in [-0.4, -0.2) is 24.3 Å². The van der Waals surface area contributed by atoms with E-state index in [4.69, 9.17) is 0 Å². The number of aryl methyl sites for hydroxylation is 1. The van der Waals surface area contributed by atoms with Gasteiger partial charge in [-0.25, -0.2) is 18.1 Å². The van der Waals surface area contributed by atoms with Gasteiger partial charge in [-0.2, -0.15) is 0 Å². The monoisotopic (exact) mass is 315 g/mol. The van der Waals surface area contributed by atoms with Gasteiger partial charge < -0.3 is 0 Å². The zero-order valence-electron chi connectivity index (χ0n) is 11.6. The number of rotatable bonds is 5. The highest BCUT2D eigenvalue weighted by Gasteiger charge is 2.23. The molecule has 8 heteroatoms. The maximum atomic E-state index is 12.3. The largest absolute Gasteiger partial charge is 0.279 e. The van der Waals surface area contributed by atoms with Gasteiger partial charge in [0.1, 0.15) is 0 Å². The third-order valence-corrected chi connectivity index (χ3v) is 5.23. The van der Waals surface area contributed by atoms with Gasteiger partial charge in [-0.3, -0.25) is 9.20 Å². The van der Waals surface area contributed by atoms with E-state index in [0.717, 1.165) is 0 Å². The van der Waals surface area contributed by atoms with Crippen LogP contribution in [0.2, 0.25) is 0 Å². The SMILES string of the molecule is Cc1nc2sccn2c(=O)c1S(=O)(=O)NCCC(C)C. The molecule has 6 nitrogen and oxygen atoms in total. The number of nitrogens with one attached hydrogen (secondary N) is 1. The Bertz CT molecular complexity index is 775. The van der Waals surface area contributed by atoms with Crippen molar-refractivity contribution in [3.8, 4) is 0 Å². The molecule has 2 heterocycles. The van der Waals surface area contributed by atoms with E-state index >= 15 is 0 Å². The number of aromatic nitrogens is 2. The van der Waals surface area contributed by atoms with Crippen molar-refractivity contribution < 1.29 is 8.42 Å². The van der Waals surface area contributed by atoms with E-state index in [1.54, 1.807) is 5.38 Å². The Balaban J connectivity index is 2.43. The van der Waals surface area contributed by atoms with Gasteiger partial charge in [0.05, 0.1) is 5.69 Å². The smallest absolute Gasteiger partial charge is 0.267 e. The maximum absolute atomic E-state index is 12.3. The highest BCUT2D eigenvalue weighted by Crippen LogP contribution is 2.13.